The number of unbranched alkanes of at least 4 members (excludes halogenated alkanes) is 1. The molecule has 0 aliphatic carbocycles. The van der Waals surface area contributed by atoms with Gasteiger partial charge in [-0.05, 0) is 75.9 Å². The van der Waals surface area contributed by atoms with Gasteiger partial charge in [0.05, 0.1) is 16.9 Å². The molecule has 5 rings (SSSR count). The van der Waals surface area contributed by atoms with Crippen molar-refractivity contribution in [2.45, 2.75) is 44.0 Å². The number of thiophene rings is 1. The van der Waals surface area contributed by atoms with Crippen LogP contribution in [0.1, 0.15) is 44.0 Å². The van der Waals surface area contributed by atoms with Gasteiger partial charge in [0.15, 0.2) is 0 Å². The van der Waals surface area contributed by atoms with E-state index in [1.54, 1.807) is 10.8 Å². The van der Waals surface area contributed by atoms with Gasteiger partial charge in [0.2, 0.25) is 0 Å². The summed E-state index contributed by atoms with van der Waals surface area (Å²) in [4.78, 5) is 32.4. The maximum atomic E-state index is 12.9. The summed E-state index contributed by atoms with van der Waals surface area (Å²) in [5, 5.41) is 18.5. The van der Waals surface area contributed by atoms with Gasteiger partial charge in [-0.1, -0.05) is 47.1 Å². The minimum absolute atomic E-state index is 0.159. The van der Waals surface area contributed by atoms with Crippen LogP contribution in [0.4, 0.5) is 16.2 Å². The molecule has 2 amide bonds. The van der Waals surface area contributed by atoms with Gasteiger partial charge in [-0.3, -0.25) is 18.9 Å². The molecule has 2 aliphatic heterocycles. The lowest BCUT2D eigenvalue weighted by atomic mass is 10.1. The van der Waals surface area contributed by atoms with Crippen LogP contribution in [0.2, 0.25) is 0 Å². The fraction of sp³-hybridized carbons (Fsp3) is 0.364. The maximum absolute atomic E-state index is 12.9. The minimum Gasteiger partial charge on any atom is -0.465 e. The molecule has 3 heterocycles. The number of benzene rings is 2. The van der Waals surface area contributed by atoms with Crippen LogP contribution < -0.4 is 14.5 Å². The smallest absolute Gasteiger partial charge is 0.412 e. The normalized spacial score (nSPS) is 17.4. The van der Waals surface area contributed by atoms with E-state index in [9.17, 15) is 14.7 Å². The van der Waals surface area contributed by atoms with Crippen molar-refractivity contribution in [1.29, 1.82) is 0 Å². The van der Waals surface area contributed by atoms with E-state index in [0.29, 0.717) is 17.8 Å². The van der Waals surface area contributed by atoms with E-state index in [4.69, 9.17) is 0 Å². The number of allylic oxidation sites excluding steroid dienone is 1. The zero-order valence-electron chi connectivity index (χ0n) is 25.1. The lowest BCUT2D eigenvalue weighted by Crippen LogP contribution is -2.48. The summed E-state index contributed by atoms with van der Waals surface area (Å²) in [6.45, 7) is 11.0. The average molecular weight is 620 g/mol. The van der Waals surface area contributed by atoms with Crippen molar-refractivity contribution in [3.63, 3.8) is 0 Å². The second kappa shape index (κ2) is 13.8. The Bertz CT molecular complexity index is 1460. The highest BCUT2D eigenvalue weighted by Gasteiger charge is 2.32. The highest BCUT2D eigenvalue weighted by atomic mass is 32.2. The molecule has 43 heavy (non-hydrogen) atoms. The first kappa shape index (κ1) is 30.8. The predicted octanol–water partition coefficient (Wildman–Crippen LogP) is 6.57. The van der Waals surface area contributed by atoms with Crippen LogP contribution >= 0.6 is 22.0 Å². The Morgan fingerprint density at radius 3 is 2.28 bits per heavy atom. The van der Waals surface area contributed by atoms with Gasteiger partial charge >= 0.3 is 6.09 Å². The Balaban J connectivity index is 1.09. The SMILES string of the molecule is CC(C)(C)N(C(=O)O)c1cscc1C(=O)NCCCCN1CCN(C2=CC=S(c3ccccc3)N2c2ccccc2)CC1. The van der Waals surface area contributed by atoms with Gasteiger partial charge in [-0.25, -0.2) is 4.79 Å². The second-order valence-corrected chi connectivity index (χ2v) is 14.2. The number of hydrogen-bond donors (Lipinski definition) is 2. The third-order valence-electron chi connectivity index (χ3n) is 7.60. The molecular formula is C33H41N5O3S2. The Morgan fingerprint density at radius 2 is 1.63 bits per heavy atom. The number of carboxylic acid groups (broad SMARTS) is 1. The monoisotopic (exact) mass is 619 g/mol. The summed E-state index contributed by atoms with van der Waals surface area (Å²) in [7, 11) is -0.159. The van der Waals surface area contributed by atoms with Crippen molar-refractivity contribution in [1.82, 2.24) is 15.1 Å². The number of rotatable bonds is 10. The molecular weight excluding hydrogens is 579 g/mol. The molecule has 2 aromatic carbocycles. The standard InChI is InChI=1S/C33H41N5O3S2/c1-33(2,3)37(32(40)41)29-25-42-24-28(29)31(39)34-17-10-11-18-35-19-21-36(22-20-35)30-16-23-43(27-14-8-5-9-15-27)38(30)26-12-6-4-7-13-26/h4-9,12-16,23-25H,10-11,17-22H2,1-3H3,(H,34,39)(H,40,41). The van der Waals surface area contributed by atoms with E-state index < -0.39 is 11.6 Å². The minimum atomic E-state index is -1.06. The van der Waals surface area contributed by atoms with Crippen molar-refractivity contribution >= 4 is 50.7 Å². The highest BCUT2D eigenvalue weighted by molar-refractivity contribution is 8.16. The largest absolute Gasteiger partial charge is 0.465 e. The number of anilines is 2. The average Bonchev–Trinajstić information content (AvgIpc) is 3.65. The Hall–Kier alpha value is -3.60. The highest BCUT2D eigenvalue weighted by Crippen LogP contribution is 2.42. The van der Waals surface area contributed by atoms with Crippen LogP contribution in [-0.2, 0) is 0 Å². The third-order valence-corrected chi connectivity index (χ3v) is 10.3. The summed E-state index contributed by atoms with van der Waals surface area (Å²) in [5.41, 5.74) is 1.42. The fourth-order valence-corrected chi connectivity index (χ4v) is 8.18. The van der Waals surface area contributed by atoms with Crippen molar-refractivity contribution in [2.24, 2.45) is 0 Å². The summed E-state index contributed by atoms with van der Waals surface area (Å²) < 4.78 is 2.48. The van der Waals surface area contributed by atoms with Crippen LogP contribution in [0.15, 0.2) is 88.2 Å². The molecule has 3 aromatic rings. The van der Waals surface area contributed by atoms with Crippen LogP contribution in [0.25, 0.3) is 0 Å². The number of para-hydroxylation sites is 1. The molecule has 1 unspecified atom stereocenters. The summed E-state index contributed by atoms with van der Waals surface area (Å²) in [5.74, 6) is 1.04. The Kier molecular flexibility index (Phi) is 9.90. The van der Waals surface area contributed by atoms with Crippen molar-refractivity contribution in [2.75, 3.05) is 48.5 Å². The second-order valence-electron chi connectivity index (χ2n) is 11.7. The molecule has 0 saturated carbocycles. The number of amides is 2. The zero-order chi connectivity index (χ0) is 30.4. The van der Waals surface area contributed by atoms with E-state index in [1.165, 1.54) is 32.6 Å². The lowest BCUT2D eigenvalue weighted by Gasteiger charge is -2.40. The van der Waals surface area contributed by atoms with E-state index in [-0.39, 0.29) is 16.6 Å². The molecule has 0 spiro atoms. The predicted molar refractivity (Wildman–Crippen MR) is 180 cm³/mol. The van der Waals surface area contributed by atoms with E-state index in [2.05, 4.69) is 91.5 Å². The van der Waals surface area contributed by atoms with E-state index in [1.807, 2.05) is 20.8 Å². The van der Waals surface area contributed by atoms with Crippen molar-refractivity contribution in [3.8, 4) is 0 Å². The Morgan fingerprint density at radius 1 is 0.953 bits per heavy atom. The number of hydrogen-bond acceptors (Lipinski definition) is 6. The Labute approximate surface area is 261 Å². The molecule has 2 aliphatic rings. The van der Waals surface area contributed by atoms with Gasteiger partial charge in [-0.2, -0.15) is 0 Å². The zero-order valence-corrected chi connectivity index (χ0v) is 26.7. The number of piperazine rings is 1. The van der Waals surface area contributed by atoms with Gasteiger partial charge in [-0.15, -0.1) is 11.3 Å². The molecule has 10 heteroatoms. The van der Waals surface area contributed by atoms with Crippen molar-refractivity contribution < 1.29 is 14.7 Å². The molecule has 1 saturated heterocycles. The molecule has 0 bridgehead atoms. The van der Waals surface area contributed by atoms with Crippen LogP contribution in [-0.4, -0.2) is 77.1 Å². The van der Waals surface area contributed by atoms with Gasteiger partial charge in [0, 0.05) is 53.9 Å². The number of carbonyl (C=O) groups is 2. The molecule has 1 aromatic heterocycles. The van der Waals surface area contributed by atoms with Gasteiger partial charge in [0.25, 0.3) is 5.91 Å². The first-order chi connectivity index (χ1) is 20.7. The van der Waals surface area contributed by atoms with Crippen LogP contribution in [0, 0.1) is 0 Å². The molecule has 1 fully saturated rings. The molecule has 1 atom stereocenters. The first-order valence-corrected chi connectivity index (χ1v) is 17.0. The van der Waals surface area contributed by atoms with Crippen LogP contribution in [0.5, 0.6) is 0 Å². The maximum Gasteiger partial charge on any atom is 0.412 e. The molecule has 2 N–H and O–H groups in total. The quantitative estimate of drug-likeness (QED) is 0.198. The van der Waals surface area contributed by atoms with E-state index in [0.717, 1.165) is 45.6 Å². The first-order valence-electron chi connectivity index (χ1n) is 14.8. The summed E-state index contributed by atoms with van der Waals surface area (Å²) >= 11 is 1.34. The third kappa shape index (κ3) is 7.31. The topological polar surface area (TPSA) is 79.4 Å². The number of nitrogens with one attached hydrogen (secondary N) is 1. The molecule has 228 valence electrons. The van der Waals surface area contributed by atoms with E-state index >= 15 is 0 Å². The summed E-state index contributed by atoms with van der Waals surface area (Å²) in [6.07, 6.45) is 3.09. The van der Waals surface area contributed by atoms with Gasteiger partial charge in [0.1, 0.15) is 5.82 Å². The lowest BCUT2D eigenvalue weighted by molar-refractivity contribution is 0.0953. The van der Waals surface area contributed by atoms with Gasteiger partial charge < -0.3 is 15.3 Å². The molecule has 8 nitrogen and oxygen atoms in total. The fourth-order valence-electron chi connectivity index (χ4n) is 5.48. The number of carbonyl (C=O) groups excluding carboxylic acids is 1. The summed E-state index contributed by atoms with van der Waals surface area (Å²) in [6, 6.07) is 21.4. The van der Waals surface area contributed by atoms with Crippen LogP contribution in [0.3, 0.4) is 0 Å². The number of nitrogens with zero attached hydrogens (tertiary/aromatic N) is 4. The van der Waals surface area contributed by atoms with Crippen molar-refractivity contribution in [3.05, 3.63) is 88.9 Å². The molecule has 0 radical (unpaired) electrons.